The van der Waals surface area contributed by atoms with Crippen molar-refractivity contribution in [2.24, 2.45) is 0 Å². The minimum Gasteiger partial charge on any atom is -0.407 e. The van der Waals surface area contributed by atoms with E-state index in [1.807, 2.05) is 20.1 Å². The van der Waals surface area contributed by atoms with Crippen LogP contribution in [0.4, 0.5) is 6.01 Å². The first-order chi connectivity index (χ1) is 13.3. The Balaban J connectivity index is 1.70. The van der Waals surface area contributed by atoms with Crippen molar-refractivity contribution < 1.29 is 22.4 Å². The molecule has 1 aliphatic rings. The van der Waals surface area contributed by atoms with Crippen LogP contribution < -0.4 is 5.32 Å². The van der Waals surface area contributed by atoms with Crippen LogP contribution in [0.2, 0.25) is 0 Å². The predicted molar refractivity (Wildman–Crippen MR) is 105 cm³/mol. The molecule has 9 nitrogen and oxygen atoms in total. The van der Waals surface area contributed by atoms with Gasteiger partial charge in [-0.3, -0.25) is 10.1 Å². The largest absolute Gasteiger partial charge is 0.407 e. The average molecular weight is 427 g/mol. The fourth-order valence-corrected chi connectivity index (χ4v) is 4.86. The van der Waals surface area contributed by atoms with Gasteiger partial charge in [0.15, 0.2) is 0 Å². The van der Waals surface area contributed by atoms with Crippen LogP contribution in [0.3, 0.4) is 0 Å². The summed E-state index contributed by atoms with van der Waals surface area (Å²) in [6.07, 6.45) is 1.55. The second-order valence-corrected chi connectivity index (χ2v) is 9.30. The molecular formula is C17H22N4O5S2. The van der Waals surface area contributed by atoms with Crippen LogP contribution in [-0.4, -0.2) is 60.4 Å². The van der Waals surface area contributed by atoms with Crippen molar-refractivity contribution >= 4 is 33.7 Å². The van der Waals surface area contributed by atoms with E-state index in [4.69, 9.17) is 9.15 Å². The van der Waals surface area contributed by atoms with Gasteiger partial charge in [0.25, 0.3) is 5.91 Å². The zero-order chi connectivity index (χ0) is 20.3. The SMILES string of the molecule is CSCc1nnc(NC(=O)c2ccc(S(=O)(=O)N3C[C@H](C)O[C@@H](C)C3)cc2)o1. The Hall–Kier alpha value is -1.95. The molecule has 28 heavy (non-hydrogen) atoms. The maximum Gasteiger partial charge on any atom is 0.322 e. The third-order valence-corrected chi connectivity index (χ3v) is 6.48. The lowest BCUT2D eigenvalue weighted by Gasteiger charge is -2.34. The molecule has 1 saturated heterocycles. The van der Waals surface area contributed by atoms with Gasteiger partial charge in [0.2, 0.25) is 15.9 Å². The number of nitrogens with one attached hydrogen (secondary N) is 1. The fourth-order valence-electron chi connectivity index (χ4n) is 2.91. The van der Waals surface area contributed by atoms with Gasteiger partial charge in [-0.15, -0.1) is 5.10 Å². The zero-order valence-corrected chi connectivity index (χ0v) is 17.4. The minimum atomic E-state index is -3.65. The monoisotopic (exact) mass is 426 g/mol. The van der Waals surface area contributed by atoms with E-state index in [1.165, 1.54) is 40.3 Å². The molecule has 1 N–H and O–H groups in total. The van der Waals surface area contributed by atoms with Crippen LogP contribution in [0.25, 0.3) is 0 Å². The van der Waals surface area contributed by atoms with Gasteiger partial charge >= 0.3 is 6.01 Å². The molecule has 2 atom stereocenters. The summed E-state index contributed by atoms with van der Waals surface area (Å²) >= 11 is 1.52. The number of aromatic nitrogens is 2. The predicted octanol–water partition coefficient (Wildman–Crippen LogP) is 1.98. The van der Waals surface area contributed by atoms with Gasteiger partial charge < -0.3 is 9.15 Å². The van der Waals surface area contributed by atoms with E-state index in [0.29, 0.717) is 24.7 Å². The highest BCUT2D eigenvalue weighted by atomic mass is 32.2. The number of rotatable bonds is 6. The second kappa shape index (κ2) is 8.60. The van der Waals surface area contributed by atoms with Crippen molar-refractivity contribution in [1.29, 1.82) is 0 Å². The summed E-state index contributed by atoms with van der Waals surface area (Å²) in [4.78, 5) is 12.4. The number of benzene rings is 1. The Morgan fingerprint density at radius 2 is 1.86 bits per heavy atom. The van der Waals surface area contributed by atoms with E-state index in [1.54, 1.807) is 0 Å². The first-order valence-electron chi connectivity index (χ1n) is 8.68. The first-order valence-corrected chi connectivity index (χ1v) is 11.5. The molecule has 2 aromatic rings. The number of hydrogen-bond acceptors (Lipinski definition) is 8. The summed E-state index contributed by atoms with van der Waals surface area (Å²) in [6, 6.07) is 5.75. The Labute approximate surface area is 167 Å². The van der Waals surface area contributed by atoms with Crippen molar-refractivity contribution in [3.8, 4) is 0 Å². The molecule has 0 saturated carbocycles. The van der Waals surface area contributed by atoms with E-state index in [-0.39, 0.29) is 28.7 Å². The fraction of sp³-hybridized carbons (Fsp3) is 0.471. The Morgan fingerprint density at radius 3 is 2.46 bits per heavy atom. The van der Waals surface area contributed by atoms with Gasteiger partial charge in [0, 0.05) is 18.7 Å². The molecule has 0 bridgehead atoms. The summed E-state index contributed by atoms with van der Waals surface area (Å²) < 4.78 is 38.0. The van der Waals surface area contributed by atoms with E-state index in [2.05, 4.69) is 15.5 Å². The molecule has 0 unspecified atom stereocenters. The smallest absolute Gasteiger partial charge is 0.322 e. The van der Waals surface area contributed by atoms with Gasteiger partial charge in [-0.05, 0) is 44.4 Å². The maximum absolute atomic E-state index is 12.8. The number of anilines is 1. The van der Waals surface area contributed by atoms with Crippen molar-refractivity contribution in [3.63, 3.8) is 0 Å². The number of sulfonamides is 1. The number of carbonyl (C=O) groups excluding carboxylic acids is 1. The quantitative estimate of drug-likeness (QED) is 0.746. The van der Waals surface area contributed by atoms with Crippen molar-refractivity contribution in [2.45, 2.75) is 36.7 Å². The van der Waals surface area contributed by atoms with Crippen molar-refractivity contribution in [1.82, 2.24) is 14.5 Å². The highest BCUT2D eigenvalue weighted by Gasteiger charge is 2.32. The van der Waals surface area contributed by atoms with E-state index >= 15 is 0 Å². The number of amides is 1. The average Bonchev–Trinajstić information content (AvgIpc) is 3.08. The van der Waals surface area contributed by atoms with Crippen LogP contribution in [0.5, 0.6) is 0 Å². The molecule has 1 amide bonds. The highest BCUT2D eigenvalue weighted by Crippen LogP contribution is 2.22. The van der Waals surface area contributed by atoms with Crippen LogP contribution >= 0.6 is 11.8 Å². The molecule has 11 heteroatoms. The summed E-state index contributed by atoms with van der Waals surface area (Å²) in [6.45, 7) is 4.27. The lowest BCUT2D eigenvalue weighted by Crippen LogP contribution is -2.48. The molecule has 1 aliphatic heterocycles. The topological polar surface area (TPSA) is 115 Å². The Morgan fingerprint density at radius 1 is 1.21 bits per heavy atom. The molecule has 1 aromatic carbocycles. The molecule has 3 rings (SSSR count). The maximum atomic E-state index is 12.8. The Kier molecular flexibility index (Phi) is 6.38. The van der Waals surface area contributed by atoms with Crippen molar-refractivity contribution in [2.75, 3.05) is 24.7 Å². The standard InChI is InChI=1S/C17H22N4O5S2/c1-11-8-21(9-12(2)25-11)28(23,24)14-6-4-13(5-7-14)16(22)18-17-20-19-15(26-17)10-27-3/h4-7,11-12H,8-10H2,1-3H3,(H,18,20,22)/t11-,12-/m0/s1. The number of carbonyl (C=O) groups is 1. The lowest BCUT2D eigenvalue weighted by atomic mass is 10.2. The van der Waals surface area contributed by atoms with Gasteiger partial charge in [-0.2, -0.15) is 16.1 Å². The number of morpholine rings is 1. The van der Waals surface area contributed by atoms with Gasteiger partial charge in [0.05, 0.1) is 22.9 Å². The molecule has 0 aliphatic carbocycles. The van der Waals surface area contributed by atoms with Gasteiger partial charge in [0.1, 0.15) is 0 Å². The van der Waals surface area contributed by atoms with Crippen LogP contribution in [-0.2, 0) is 20.5 Å². The van der Waals surface area contributed by atoms with E-state index in [9.17, 15) is 13.2 Å². The minimum absolute atomic E-state index is 0.00189. The molecule has 0 spiro atoms. The number of hydrogen-bond donors (Lipinski definition) is 1. The summed E-state index contributed by atoms with van der Waals surface area (Å²) in [7, 11) is -3.65. The normalized spacial score (nSPS) is 20.8. The van der Waals surface area contributed by atoms with E-state index in [0.717, 1.165) is 0 Å². The number of nitrogens with zero attached hydrogens (tertiary/aromatic N) is 3. The summed E-state index contributed by atoms with van der Waals surface area (Å²) in [5.74, 6) is 0.504. The molecule has 152 valence electrons. The van der Waals surface area contributed by atoms with Crippen LogP contribution in [0.1, 0.15) is 30.1 Å². The third-order valence-electron chi connectivity index (χ3n) is 4.10. The third kappa shape index (κ3) is 4.72. The van der Waals surface area contributed by atoms with Crippen LogP contribution in [0, 0.1) is 0 Å². The number of ether oxygens (including phenoxy) is 1. The molecular weight excluding hydrogens is 404 g/mol. The van der Waals surface area contributed by atoms with Gasteiger partial charge in [-0.25, -0.2) is 8.42 Å². The highest BCUT2D eigenvalue weighted by molar-refractivity contribution is 7.97. The summed E-state index contributed by atoms with van der Waals surface area (Å²) in [5.41, 5.74) is 0.285. The lowest BCUT2D eigenvalue weighted by molar-refractivity contribution is -0.0440. The second-order valence-electron chi connectivity index (χ2n) is 6.49. The molecule has 1 aromatic heterocycles. The number of thioether (sulfide) groups is 1. The van der Waals surface area contributed by atoms with Crippen molar-refractivity contribution in [3.05, 3.63) is 35.7 Å². The van der Waals surface area contributed by atoms with E-state index < -0.39 is 15.9 Å². The zero-order valence-electron chi connectivity index (χ0n) is 15.8. The molecule has 0 radical (unpaired) electrons. The van der Waals surface area contributed by atoms with Crippen LogP contribution in [0.15, 0.2) is 33.6 Å². The Bertz CT molecular complexity index is 919. The summed E-state index contributed by atoms with van der Waals surface area (Å²) in [5, 5.41) is 10.1. The molecule has 2 heterocycles. The first kappa shape index (κ1) is 20.8. The molecule has 1 fully saturated rings. The van der Waals surface area contributed by atoms with Gasteiger partial charge in [-0.1, -0.05) is 5.10 Å².